The van der Waals surface area contributed by atoms with E-state index in [2.05, 4.69) is 34.4 Å². The molecule has 1 atom stereocenters. The van der Waals surface area contributed by atoms with Crippen LogP contribution >= 0.6 is 11.3 Å². The second-order valence-electron chi connectivity index (χ2n) is 6.26. The van der Waals surface area contributed by atoms with Crippen molar-refractivity contribution in [2.24, 2.45) is 5.41 Å². The standard InChI is InChI=1S/C14H19N5O2S/c1-14(2)4-3-5-15-10(14)7-16-12-9-6-11(19(20)21)22-13(9)18-8-17-12/h6,8,10,15H,3-5,7H2,1-2H3,(H,16,17,18). The van der Waals surface area contributed by atoms with Gasteiger partial charge in [0, 0.05) is 18.7 Å². The molecule has 0 aromatic carbocycles. The van der Waals surface area contributed by atoms with Crippen LogP contribution in [0.3, 0.4) is 0 Å². The van der Waals surface area contributed by atoms with E-state index in [1.54, 1.807) is 6.07 Å². The molecular formula is C14H19N5O2S. The third-order valence-corrected chi connectivity index (χ3v) is 5.30. The van der Waals surface area contributed by atoms with E-state index in [-0.39, 0.29) is 15.3 Å². The number of anilines is 1. The van der Waals surface area contributed by atoms with Crippen LogP contribution in [0.15, 0.2) is 12.4 Å². The van der Waals surface area contributed by atoms with E-state index in [0.29, 0.717) is 22.1 Å². The number of nitro groups is 1. The molecule has 0 radical (unpaired) electrons. The van der Waals surface area contributed by atoms with Crippen LogP contribution in [-0.2, 0) is 0 Å². The first kappa shape index (κ1) is 15.1. The van der Waals surface area contributed by atoms with Crippen molar-refractivity contribution >= 4 is 32.4 Å². The van der Waals surface area contributed by atoms with E-state index in [1.165, 1.54) is 19.2 Å². The van der Waals surface area contributed by atoms with Gasteiger partial charge in [-0.15, -0.1) is 0 Å². The van der Waals surface area contributed by atoms with Crippen molar-refractivity contribution in [3.63, 3.8) is 0 Å². The van der Waals surface area contributed by atoms with Crippen molar-refractivity contribution in [3.8, 4) is 0 Å². The van der Waals surface area contributed by atoms with Gasteiger partial charge in [-0.2, -0.15) is 0 Å². The first-order chi connectivity index (χ1) is 10.5. The average Bonchev–Trinajstić information content (AvgIpc) is 2.90. The molecular weight excluding hydrogens is 302 g/mol. The summed E-state index contributed by atoms with van der Waals surface area (Å²) < 4.78 is 0. The zero-order chi connectivity index (χ0) is 15.7. The second-order valence-corrected chi connectivity index (χ2v) is 7.27. The van der Waals surface area contributed by atoms with E-state index in [4.69, 9.17) is 0 Å². The molecule has 1 unspecified atom stereocenters. The first-order valence-electron chi connectivity index (χ1n) is 7.33. The maximum atomic E-state index is 10.9. The summed E-state index contributed by atoms with van der Waals surface area (Å²) in [4.78, 5) is 19.5. The van der Waals surface area contributed by atoms with Gasteiger partial charge >= 0.3 is 5.00 Å². The van der Waals surface area contributed by atoms with Crippen molar-refractivity contribution < 1.29 is 4.92 Å². The molecule has 7 nitrogen and oxygen atoms in total. The van der Waals surface area contributed by atoms with Crippen LogP contribution in [0.1, 0.15) is 26.7 Å². The van der Waals surface area contributed by atoms with Crippen LogP contribution in [0.25, 0.3) is 10.2 Å². The highest BCUT2D eigenvalue weighted by Gasteiger charge is 2.31. The molecule has 0 aliphatic carbocycles. The number of hydrogen-bond donors (Lipinski definition) is 2. The predicted molar refractivity (Wildman–Crippen MR) is 87.4 cm³/mol. The number of fused-ring (bicyclic) bond motifs is 1. The summed E-state index contributed by atoms with van der Waals surface area (Å²) >= 11 is 1.07. The summed E-state index contributed by atoms with van der Waals surface area (Å²) in [6, 6.07) is 1.89. The van der Waals surface area contributed by atoms with E-state index < -0.39 is 0 Å². The molecule has 0 bridgehead atoms. The molecule has 1 aliphatic rings. The monoisotopic (exact) mass is 321 g/mol. The number of nitrogens with zero attached hydrogens (tertiary/aromatic N) is 3. The van der Waals surface area contributed by atoms with E-state index in [1.807, 2.05) is 0 Å². The van der Waals surface area contributed by atoms with Crippen molar-refractivity contribution in [2.75, 3.05) is 18.4 Å². The van der Waals surface area contributed by atoms with Crippen LogP contribution in [0, 0.1) is 15.5 Å². The molecule has 3 rings (SSSR count). The van der Waals surface area contributed by atoms with Crippen LogP contribution < -0.4 is 10.6 Å². The molecule has 8 heteroatoms. The topological polar surface area (TPSA) is 93.0 Å². The molecule has 3 heterocycles. The number of aromatic nitrogens is 2. The Morgan fingerprint density at radius 1 is 1.55 bits per heavy atom. The molecule has 0 saturated carbocycles. The Morgan fingerprint density at radius 3 is 3.09 bits per heavy atom. The highest BCUT2D eigenvalue weighted by molar-refractivity contribution is 7.21. The van der Waals surface area contributed by atoms with E-state index >= 15 is 0 Å². The Labute approximate surface area is 132 Å². The van der Waals surface area contributed by atoms with Crippen molar-refractivity contribution in [1.82, 2.24) is 15.3 Å². The summed E-state index contributed by atoms with van der Waals surface area (Å²) in [6.07, 6.45) is 3.83. The van der Waals surface area contributed by atoms with Gasteiger partial charge in [0.25, 0.3) is 0 Å². The molecule has 2 aromatic heterocycles. The Bertz CT molecular complexity index is 700. The quantitative estimate of drug-likeness (QED) is 0.664. The largest absolute Gasteiger partial charge is 0.368 e. The highest BCUT2D eigenvalue weighted by atomic mass is 32.1. The summed E-state index contributed by atoms with van der Waals surface area (Å²) in [5.74, 6) is 0.664. The third-order valence-electron chi connectivity index (χ3n) is 4.30. The normalized spacial score (nSPS) is 20.9. The number of piperidine rings is 1. The van der Waals surface area contributed by atoms with E-state index in [0.717, 1.165) is 24.4 Å². The zero-order valence-corrected chi connectivity index (χ0v) is 13.4. The molecule has 1 aliphatic heterocycles. The van der Waals surface area contributed by atoms with Gasteiger partial charge in [-0.05, 0) is 36.1 Å². The smallest absolute Gasteiger partial charge is 0.326 e. The lowest BCUT2D eigenvalue weighted by Crippen LogP contribution is -2.50. The molecule has 1 fully saturated rings. The minimum Gasteiger partial charge on any atom is -0.368 e. The van der Waals surface area contributed by atoms with Gasteiger partial charge in [-0.3, -0.25) is 10.1 Å². The van der Waals surface area contributed by atoms with Crippen molar-refractivity contribution in [2.45, 2.75) is 32.7 Å². The van der Waals surface area contributed by atoms with Gasteiger partial charge in [-0.1, -0.05) is 13.8 Å². The minimum atomic E-state index is -0.387. The molecule has 2 N–H and O–H groups in total. The maximum absolute atomic E-state index is 10.9. The van der Waals surface area contributed by atoms with Crippen LogP contribution in [0.5, 0.6) is 0 Å². The van der Waals surface area contributed by atoms with Crippen LogP contribution in [0.2, 0.25) is 0 Å². The predicted octanol–water partition coefficient (Wildman–Crippen LogP) is 2.79. The minimum absolute atomic E-state index is 0.0923. The fourth-order valence-electron chi connectivity index (χ4n) is 2.89. The van der Waals surface area contributed by atoms with Crippen molar-refractivity contribution in [3.05, 3.63) is 22.5 Å². The third kappa shape index (κ3) is 2.89. The lowest BCUT2D eigenvalue weighted by Gasteiger charge is -2.39. The lowest BCUT2D eigenvalue weighted by molar-refractivity contribution is -0.380. The fraction of sp³-hybridized carbons (Fsp3) is 0.571. The van der Waals surface area contributed by atoms with Crippen molar-refractivity contribution in [1.29, 1.82) is 0 Å². The van der Waals surface area contributed by atoms with Gasteiger partial charge in [-0.25, -0.2) is 9.97 Å². The number of nitrogens with one attached hydrogen (secondary N) is 2. The SMILES string of the molecule is CC1(C)CCCNC1CNc1ncnc2sc([N+](=O)[O-])cc12. The first-order valence-corrected chi connectivity index (χ1v) is 8.15. The number of thiophene rings is 1. The lowest BCUT2D eigenvalue weighted by atomic mass is 9.77. The Balaban J connectivity index is 1.80. The molecule has 1 saturated heterocycles. The molecule has 0 amide bonds. The molecule has 0 spiro atoms. The zero-order valence-electron chi connectivity index (χ0n) is 12.6. The van der Waals surface area contributed by atoms with Gasteiger partial charge in [0.1, 0.15) is 17.0 Å². The summed E-state index contributed by atoms with van der Waals surface area (Å²) in [6.45, 7) is 6.29. The maximum Gasteiger partial charge on any atom is 0.326 e. The number of rotatable bonds is 4. The molecule has 22 heavy (non-hydrogen) atoms. The van der Waals surface area contributed by atoms with Crippen LogP contribution in [0.4, 0.5) is 10.8 Å². The highest BCUT2D eigenvalue weighted by Crippen LogP contribution is 2.34. The second kappa shape index (κ2) is 5.77. The van der Waals surface area contributed by atoms with E-state index in [9.17, 15) is 10.1 Å². The Morgan fingerprint density at radius 2 is 2.36 bits per heavy atom. The number of hydrogen-bond acceptors (Lipinski definition) is 7. The summed E-state index contributed by atoms with van der Waals surface area (Å²) in [5.41, 5.74) is 0.220. The summed E-state index contributed by atoms with van der Waals surface area (Å²) in [7, 11) is 0. The van der Waals surface area contributed by atoms with Gasteiger partial charge in [0.2, 0.25) is 0 Å². The summed E-state index contributed by atoms with van der Waals surface area (Å²) in [5, 5.41) is 18.6. The molecule has 118 valence electrons. The van der Waals surface area contributed by atoms with Gasteiger partial charge in [0.15, 0.2) is 0 Å². The van der Waals surface area contributed by atoms with Crippen LogP contribution in [-0.4, -0.2) is 34.0 Å². The molecule has 2 aromatic rings. The fourth-order valence-corrected chi connectivity index (χ4v) is 3.71. The Kier molecular flexibility index (Phi) is 3.96. The Hall–Kier alpha value is -1.80. The van der Waals surface area contributed by atoms with Gasteiger partial charge < -0.3 is 10.6 Å². The van der Waals surface area contributed by atoms with Gasteiger partial charge in [0.05, 0.1) is 10.3 Å². The average molecular weight is 321 g/mol.